The molecule has 4 heterocycles. The van der Waals surface area contributed by atoms with Crippen LogP contribution in [-0.4, -0.2) is 69.2 Å². The first-order valence-corrected chi connectivity index (χ1v) is 21.3. The van der Waals surface area contributed by atoms with Crippen molar-refractivity contribution in [3.8, 4) is 10.4 Å². The molecule has 14 heteroatoms. The lowest BCUT2D eigenvalue weighted by Crippen LogP contribution is -2.46. The largest absolute Gasteiger partial charge is 0.405 e. The highest BCUT2D eigenvalue weighted by Crippen LogP contribution is 2.43. The fraction of sp³-hybridized carbons (Fsp3) is 0.515. The normalized spacial score (nSPS) is 19.4. The van der Waals surface area contributed by atoms with Crippen LogP contribution in [0, 0.1) is 12.8 Å². The number of hydrogen-bond donors (Lipinski definition) is 2. The molecule has 252 valence electrons. The van der Waals surface area contributed by atoms with E-state index in [9.17, 15) is 18.0 Å². The summed E-state index contributed by atoms with van der Waals surface area (Å²) in [4.78, 5) is 40.6. The van der Waals surface area contributed by atoms with E-state index in [0.717, 1.165) is 17.7 Å². The second kappa shape index (κ2) is 12.1. The fourth-order valence-electron chi connectivity index (χ4n) is 6.05. The molecule has 2 amide bonds. The van der Waals surface area contributed by atoms with Gasteiger partial charge in [0.15, 0.2) is 13.4 Å². The quantitative estimate of drug-likeness (QED) is 0.245. The number of sulfonamides is 1. The molecule has 2 atom stereocenters. The molecular formula is C33H44N6O5S2Si. The zero-order valence-corrected chi connectivity index (χ0v) is 30.9. The van der Waals surface area contributed by atoms with Crippen LogP contribution in [-0.2, 0) is 25.8 Å². The zero-order valence-electron chi connectivity index (χ0n) is 28.3. The smallest absolute Gasteiger partial charge is 0.256 e. The lowest BCUT2D eigenvalue weighted by Gasteiger charge is -2.37. The molecule has 0 bridgehead atoms. The van der Waals surface area contributed by atoms with Gasteiger partial charge in [0.25, 0.3) is 11.8 Å². The molecule has 2 fully saturated rings. The second-order valence-corrected chi connectivity index (χ2v) is 21.9. The Morgan fingerprint density at radius 2 is 1.83 bits per heavy atom. The summed E-state index contributed by atoms with van der Waals surface area (Å²) in [6.07, 6.45) is 2.32. The average molecular weight is 697 g/mol. The molecule has 47 heavy (non-hydrogen) atoms. The summed E-state index contributed by atoms with van der Waals surface area (Å²) < 4.78 is 35.2. The minimum Gasteiger partial charge on any atom is -0.405 e. The Kier molecular flexibility index (Phi) is 8.65. The van der Waals surface area contributed by atoms with Gasteiger partial charge in [0.2, 0.25) is 10.0 Å². The van der Waals surface area contributed by atoms with Crippen molar-refractivity contribution in [1.29, 1.82) is 0 Å². The predicted molar refractivity (Wildman–Crippen MR) is 187 cm³/mol. The summed E-state index contributed by atoms with van der Waals surface area (Å²) >= 11 is 1.38. The Bertz CT molecular complexity index is 1850. The molecule has 2 aromatic heterocycles. The fourth-order valence-corrected chi connectivity index (χ4v) is 9.28. The van der Waals surface area contributed by atoms with Gasteiger partial charge in [0.05, 0.1) is 21.0 Å². The number of hydrogen-bond acceptors (Lipinski definition) is 9. The number of carbonyl (C=O) groups excluding carboxylic acids is 2. The number of benzene rings is 1. The molecule has 6 rings (SSSR count). The topological polar surface area (TPSA) is 134 Å². The van der Waals surface area contributed by atoms with Crippen molar-refractivity contribution in [3.63, 3.8) is 0 Å². The van der Waals surface area contributed by atoms with Crippen LogP contribution >= 0.6 is 11.3 Å². The maximum absolute atomic E-state index is 13.5. The minimum absolute atomic E-state index is 0.00237. The predicted octanol–water partition coefficient (Wildman–Crippen LogP) is 6.05. The first kappa shape index (κ1) is 33.7. The lowest BCUT2D eigenvalue weighted by molar-refractivity contribution is -0.123. The van der Waals surface area contributed by atoms with Gasteiger partial charge in [-0.1, -0.05) is 38.2 Å². The molecule has 0 radical (unpaired) electrons. The summed E-state index contributed by atoms with van der Waals surface area (Å²) in [6.45, 7) is 15.6. The maximum Gasteiger partial charge on any atom is 0.256 e. The maximum atomic E-state index is 13.5. The molecule has 3 aromatic rings. The van der Waals surface area contributed by atoms with Crippen LogP contribution in [0.15, 0.2) is 35.2 Å². The number of anilines is 3. The van der Waals surface area contributed by atoms with Crippen LogP contribution in [0.5, 0.6) is 0 Å². The Hall–Kier alpha value is -3.17. The van der Waals surface area contributed by atoms with Crippen molar-refractivity contribution >= 4 is 58.3 Å². The Morgan fingerprint density at radius 3 is 2.49 bits per heavy atom. The standard InChI is InChI=1S/C33H44N6O5S2Si/c1-19-29(22-16-23-18-39(20(2)21-12-13-21)31(41)28(23)25(17-22)46(42,43)34-6)45-32(35-19)37-26-10-9-11-27(36-26)38-15-14-24(30(38)40)44-47(7,8)33(3,4)5/h9-11,16-17,20-21,24,34H,12-15,18H2,1-8H3,(H,35,36,37)/t20?,24-/m1/s1. The molecule has 1 aromatic carbocycles. The third-order valence-electron chi connectivity index (χ3n) is 10.1. The number of thiazole rings is 1. The van der Waals surface area contributed by atoms with E-state index in [0.29, 0.717) is 59.0 Å². The van der Waals surface area contributed by atoms with Gasteiger partial charge in [-0.05, 0) is 99.6 Å². The van der Waals surface area contributed by atoms with E-state index in [1.807, 2.05) is 38.1 Å². The van der Waals surface area contributed by atoms with Crippen LogP contribution in [0.3, 0.4) is 0 Å². The van der Waals surface area contributed by atoms with Crippen LogP contribution in [0.4, 0.5) is 16.8 Å². The Labute approximate surface area is 282 Å². The summed E-state index contributed by atoms with van der Waals surface area (Å²) in [5.41, 5.74) is 2.36. The van der Waals surface area contributed by atoms with Crippen molar-refractivity contribution in [1.82, 2.24) is 19.6 Å². The van der Waals surface area contributed by atoms with E-state index in [1.165, 1.54) is 18.4 Å². The number of nitrogens with one attached hydrogen (secondary N) is 2. The monoisotopic (exact) mass is 696 g/mol. The van der Waals surface area contributed by atoms with Crippen LogP contribution in [0.1, 0.15) is 68.6 Å². The van der Waals surface area contributed by atoms with Gasteiger partial charge in [0.1, 0.15) is 17.7 Å². The molecule has 1 aliphatic carbocycles. The average Bonchev–Trinajstić information content (AvgIpc) is 3.61. The highest BCUT2D eigenvalue weighted by atomic mass is 32.2. The number of amides is 2. The lowest BCUT2D eigenvalue weighted by atomic mass is 10.0. The van der Waals surface area contributed by atoms with Crippen molar-refractivity contribution in [2.75, 3.05) is 23.8 Å². The molecule has 2 N–H and O–H groups in total. The Balaban J connectivity index is 1.25. The molecule has 1 saturated heterocycles. The highest BCUT2D eigenvalue weighted by molar-refractivity contribution is 7.89. The van der Waals surface area contributed by atoms with E-state index in [-0.39, 0.29) is 33.4 Å². The van der Waals surface area contributed by atoms with Crippen molar-refractivity contribution in [2.24, 2.45) is 5.92 Å². The molecular weight excluding hydrogens is 653 g/mol. The zero-order chi connectivity index (χ0) is 34.1. The summed E-state index contributed by atoms with van der Waals surface area (Å²) in [5, 5.41) is 3.86. The minimum atomic E-state index is -3.91. The van der Waals surface area contributed by atoms with E-state index in [2.05, 4.69) is 43.9 Å². The van der Waals surface area contributed by atoms with Gasteiger partial charge in [-0.2, -0.15) is 0 Å². The van der Waals surface area contributed by atoms with Gasteiger partial charge in [-0.25, -0.2) is 23.1 Å². The van der Waals surface area contributed by atoms with Crippen molar-refractivity contribution in [3.05, 3.63) is 47.2 Å². The molecule has 0 spiro atoms. The highest BCUT2D eigenvalue weighted by Gasteiger charge is 2.44. The van der Waals surface area contributed by atoms with Crippen LogP contribution < -0.4 is 14.9 Å². The number of aryl methyl sites for hydroxylation is 1. The van der Waals surface area contributed by atoms with Gasteiger partial charge in [-0.3, -0.25) is 14.5 Å². The molecule has 2 aliphatic heterocycles. The first-order valence-electron chi connectivity index (χ1n) is 16.1. The van der Waals surface area contributed by atoms with Crippen molar-refractivity contribution in [2.45, 2.75) is 95.6 Å². The van der Waals surface area contributed by atoms with Gasteiger partial charge in [0, 0.05) is 19.1 Å². The number of nitrogens with zero attached hydrogens (tertiary/aromatic N) is 4. The van der Waals surface area contributed by atoms with E-state index in [4.69, 9.17) is 14.4 Å². The number of carbonyl (C=O) groups is 2. The third-order valence-corrected chi connectivity index (χ3v) is 17.1. The van der Waals surface area contributed by atoms with Gasteiger partial charge in [-0.15, -0.1) is 0 Å². The number of fused-ring (bicyclic) bond motifs is 1. The van der Waals surface area contributed by atoms with Crippen LogP contribution in [0.25, 0.3) is 10.4 Å². The van der Waals surface area contributed by atoms with Gasteiger partial charge >= 0.3 is 0 Å². The number of rotatable bonds is 10. The summed E-state index contributed by atoms with van der Waals surface area (Å²) in [7, 11) is -4.67. The molecule has 1 saturated carbocycles. The van der Waals surface area contributed by atoms with E-state index < -0.39 is 24.4 Å². The molecule has 1 unspecified atom stereocenters. The molecule has 3 aliphatic rings. The molecule has 11 nitrogen and oxygen atoms in total. The van der Waals surface area contributed by atoms with E-state index in [1.54, 1.807) is 15.9 Å². The summed E-state index contributed by atoms with van der Waals surface area (Å²) in [6, 6.07) is 9.04. The second-order valence-electron chi connectivity index (χ2n) is 14.3. The van der Waals surface area contributed by atoms with Gasteiger partial charge < -0.3 is 14.6 Å². The SMILES string of the molecule is CNS(=O)(=O)c1cc(-c2sc(Nc3cccc(N4CC[C@@H](O[Si](C)(C)C(C)(C)C)C4=O)n3)nc2C)cc2c1C(=O)N(C(C)C1CC1)C2. The Morgan fingerprint density at radius 1 is 1.11 bits per heavy atom. The first-order chi connectivity index (χ1) is 22.0. The van der Waals surface area contributed by atoms with Crippen molar-refractivity contribution < 1.29 is 22.4 Å². The summed E-state index contributed by atoms with van der Waals surface area (Å²) in [5.74, 6) is 1.24. The number of pyridine rings is 1. The van der Waals surface area contributed by atoms with E-state index >= 15 is 0 Å². The number of aromatic nitrogens is 2. The third kappa shape index (κ3) is 6.37. The van der Waals surface area contributed by atoms with Crippen LogP contribution in [0.2, 0.25) is 18.1 Å².